The van der Waals surface area contributed by atoms with E-state index < -0.39 is 0 Å². The molecule has 3 aromatic carbocycles. The van der Waals surface area contributed by atoms with Crippen molar-refractivity contribution in [1.29, 1.82) is 0 Å². The number of piperidine rings is 1. The van der Waals surface area contributed by atoms with E-state index >= 15 is 0 Å². The van der Waals surface area contributed by atoms with E-state index in [-0.39, 0.29) is 35.8 Å². The van der Waals surface area contributed by atoms with Crippen molar-refractivity contribution in [3.05, 3.63) is 106 Å². The molecule has 0 aromatic heterocycles. The van der Waals surface area contributed by atoms with Crippen LogP contribution in [0, 0.1) is 0 Å². The van der Waals surface area contributed by atoms with Gasteiger partial charge in [-0.2, -0.15) is 0 Å². The standard InChI is InChI=1S/C33H40Cl2N4O2.ClH/c1-37(2)32(41)36-33(23-25-10-6-4-7-11-25)17-20-39(21-18-33)19-16-28(27-14-15-29(34)30(35)22-27)24-38(3)31(40)26-12-8-5-9-13-26;/h4-15,22,28H,16-21,23-24H2,1-3H3,(H,36,41);1H. The highest BCUT2D eigenvalue weighted by molar-refractivity contribution is 6.42. The Labute approximate surface area is 266 Å². The molecule has 0 spiro atoms. The molecule has 4 rings (SSSR count). The minimum atomic E-state index is -0.287. The van der Waals surface area contributed by atoms with Crippen LogP contribution in [0.2, 0.25) is 10.0 Å². The summed E-state index contributed by atoms with van der Waals surface area (Å²) < 4.78 is 0. The molecule has 42 heavy (non-hydrogen) atoms. The molecule has 1 aliphatic heterocycles. The Bertz CT molecular complexity index is 1300. The molecule has 0 bridgehead atoms. The Kier molecular flexibility index (Phi) is 12.6. The zero-order valence-corrected chi connectivity index (χ0v) is 26.9. The summed E-state index contributed by atoms with van der Waals surface area (Å²) in [6.07, 6.45) is 3.40. The van der Waals surface area contributed by atoms with E-state index in [9.17, 15) is 9.59 Å². The molecule has 1 saturated heterocycles. The number of carbonyl (C=O) groups is 2. The lowest BCUT2D eigenvalue weighted by molar-refractivity contribution is 0.0778. The molecule has 1 N–H and O–H groups in total. The molecule has 0 saturated carbocycles. The minimum absolute atomic E-state index is 0. The van der Waals surface area contributed by atoms with Gasteiger partial charge >= 0.3 is 6.03 Å². The number of hydrogen-bond donors (Lipinski definition) is 1. The second-order valence-corrected chi connectivity index (χ2v) is 12.1. The van der Waals surface area contributed by atoms with Gasteiger partial charge in [0.05, 0.1) is 10.0 Å². The Morgan fingerprint density at radius 1 is 0.905 bits per heavy atom. The van der Waals surface area contributed by atoms with Gasteiger partial charge in [-0.15, -0.1) is 12.4 Å². The molecular formula is C33H41Cl3N4O2. The lowest BCUT2D eigenvalue weighted by atomic mass is 9.81. The molecular weight excluding hydrogens is 591 g/mol. The van der Waals surface area contributed by atoms with Gasteiger partial charge in [0, 0.05) is 57.8 Å². The van der Waals surface area contributed by atoms with Crippen molar-refractivity contribution >= 4 is 47.5 Å². The van der Waals surface area contributed by atoms with Crippen LogP contribution >= 0.6 is 35.6 Å². The molecule has 1 heterocycles. The first-order valence-corrected chi connectivity index (χ1v) is 14.9. The summed E-state index contributed by atoms with van der Waals surface area (Å²) in [6.45, 7) is 3.21. The largest absolute Gasteiger partial charge is 0.341 e. The minimum Gasteiger partial charge on any atom is -0.341 e. The summed E-state index contributed by atoms with van der Waals surface area (Å²) in [6, 6.07) is 25.5. The van der Waals surface area contributed by atoms with Crippen molar-refractivity contribution < 1.29 is 9.59 Å². The summed E-state index contributed by atoms with van der Waals surface area (Å²) in [5.74, 6) is 0.0860. The van der Waals surface area contributed by atoms with E-state index in [0.717, 1.165) is 50.9 Å². The smallest absolute Gasteiger partial charge is 0.317 e. The second-order valence-electron chi connectivity index (χ2n) is 11.3. The van der Waals surface area contributed by atoms with Gasteiger partial charge in [-0.05, 0) is 67.6 Å². The van der Waals surface area contributed by atoms with Crippen molar-refractivity contribution in [2.24, 2.45) is 0 Å². The molecule has 3 amide bonds. The zero-order chi connectivity index (χ0) is 29.4. The van der Waals surface area contributed by atoms with Crippen LogP contribution in [-0.4, -0.2) is 79.5 Å². The maximum atomic E-state index is 13.1. The number of carbonyl (C=O) groups excluding carboxylic acids is 2. The summed E-state index contributed by atoms with van der Waals surface area (Å²) in [5.41, 5.74) is 2.69. The van der Waals surface area contributed by atoms with Crippen molar-refractivity contribution in [2.75, 3.05) is 47.3 Å². The molecule has 1 unspecified atom stereocenters. The number of rotatable bonds is 10. The lowest BCUT2D eigenvalue weighted by Crippen LogP contribution is -2.58. The van der Waals surface area contributed by atoms with Crippen LogP contribution in [0.5, 0.6) is 0 Å². The highest BCUT2D eigenvalue weighted by Crippen LogP contribution is 2.31. The Morgan fingerprint density at radius 3 is 2.12 bits per heavy atom. The van der Waals surface area contributed by atoms with E-state index in [2.05, 4.69) is 34.5 Å². The van der Waals surface area contributed by atoms with Crippen LogP contribution < -0.4 is 5.32 Å². The highest BCUT2D eigenvalue weighted by Gasteiger charge is 2.36. The third kappa shape index (κ3) is 9.11. The number of benzene rings is 3. The number of likely N-dealkylation sites (tertiary alicyclic amines) is 1. The third-order valence-corrected chi connectivity index (χ3v) is 8.79. The van der Waals surface area contributed by atoms with Gasteiger partial charge in [0.15, 0.2) is 0 Å². The fourth-order valence-electron chi connectivity index (χ4n) is 5.56. The van der Waals surface area contributed by atoms with Crippen molar-refractivity contribution in [1.82, 2.24) is 20.0 Å². The molecule has 0 aliphatic carbocycles. The van der Waals surface area contributed by atoms with E-state index in [1.54, 1.807) is 23.9 Å². The average Bonchev–Trinajstić information content (AvgIpc) is 2.98. The van der Waals surface area contributed by atoms with Gasteiger partial charge < -0.3 is 20.0 Å². The molecule has 6 nitrogen and oxygen atoms in total. The second kappa shape index (κ2) is 15.6. The van der Waals surface area contributed by atoms with Gasteiger partial charge in [0.25, 0.3) is 5.91 Å². The van der Waals surface area contributed by atoms with E-state index in [0.29, 0.717) is 22.2 Å². The van der Waals surface area contributed by atoms with Crippen molar-refractivity contribution in [3.63, 3.8) is 0 Å². The van der Waals surface area contributed by atoms with Gasteiger partial charge in [0.2, 0.25) is 0 Å². The monoisotopic (exact) mass is 630 g/mol. The van der Waals surface area contributed by atoms with Crippen LogP contribution in [0.4, 0.5) is 4.79 Å². The maximum Gasteiger partial charge on any atom is 0.317 e. The number of nitrogens with one attached hydrogen (secondary N) is 1. The number of halogens is 3. The number of hydrogen-bond acceptors (Lipinski definition) is 3. The van der Waals surface area contributed by atoms with Crippen LogP contribution in [0.3, 0.4) is 0 Å². The zero-order valence-electron chi connectivity index (χ0n) is 24.6. The topological polar surface area (TPSA) is 55.9 Å². The van der Waals surface area contributed by atoms with Gasteiger partial charge in [-0.3, -0.25) is 4.79 Å². The summed E-state index contributed by atoms with van der Waals surface area (Å²) in [7, 11) is 5.42. The summed E-state index contributed by atoms with van der Waals surface area (Å²) >= 11 is 12.6. The molecule has 9 heteroatoms. The Morgan fingerprint density at radius 2 is 1.52 bits per heavy atom. The number of urea groups is 1. The van der Waals surface area contributed by atoms with Gasteiger partial charge in [0.1, 0.15) is 0 Å². The first-order chi connectivity index (χ1) is 19.7. The first kappa shape index (κ1) is 33.7. The van der Waals surface area contributed by atoms with Gasteiger partial charge in [-0.25, -0.2) is 4.79 Å². The van der Waals surface area contributed by atoms with Gasteiger partial charge in [-0.1, -0.05) is 77.8 Å². The van der Waals surface area contributed by atoms with E-state index in [1.807, 2.05) is 61.6 Å². The van der Waals surface area contributed by atoms with Crippen molar-refractivity contribution in [2.45, 2.75) is 37.1 Å². The fourth-order valence-corrected chi connectivity index (χ4v) is 5.87. The molecule has 0 radical (unpaired) electrons. The predicted octanol–water partition coefficient (Wildman–Crippen LogP) is 7.01. The summed E-state index contributed by atoms with van der Waals surface area (Å²) in [5, 5.41) is 4.39. The van der Waals surface area contributed by atoms with Crippen LogP contribution in [-0.2, 0) is 6.42 Å². The average molecular weight is 632 g/mol. The Balaban J connectivity index is 0.00000484. The SMILES string of the molecule is CN(C)C(=O)NC1(Cc2ccccc2)CCN(CCC(CN(C)C(=O)c2ccccc2)c2ccc(Cl)c(Cl)c2)CC1.Cl. The van der Waals surface area contributed by atoms with E-state index in [4.69, 9.17) is 23.2 Å². The fraction of sp³-hybridized carbons (Fsp3) is 0.394. The number of likely N-dealkylation sites (N-methyl/N-ethyl adjacent to an activating group) is 1. The lowest BCUT2D eigenvalue weighted by Gasteiger charge is -2.43. The molecule has 1 fully saturated rings. The normalized spacial score (nSPS) is 15.3. The molecule has 1 atom stereocenters. The van der Waals surface area contributed by atoms with Crippen LogP contribution in [0.15, 0.2) is 78.9 Å². The molecule has 226 valence electrons. The van der Waals surface area contributed by atoms with E-state index in [1.165, 1.54) is 5.56 Å². The first-order valence-electron chi connectivity index (χ1n) is 14.2. The van der Waals surface area contributed by atoms with Crippen molar-refractivity contribution in [3.8, 4) is 0 Å². The highest BCUT2D eigenvalue weighted by atomic mass is 35.5. The quantitative estimate of drug-likeness (QED) is 0.262. The molecule has 3 aromatic rings. The van der Waals surface area contributed by atoms with Crippen LogP contribution in [0.1, 0.15) is 46.7 Å². The number of amides is 3. The number of nitrogens with zero attached hydrogens (tertiary/aromatic N) is 3. The summed E-state index contributed by atoms with van der Waals surface area (Å²) in [4.78, 5) is 31.7. The third-order valence-electron chi connectivity index (χ3n) is 8.05. The Hall–Kier alpha value is -2.77. The maximum absolute atomic E-state index is 13.1. The molecule has 1 aliphatic rings. The van der Waals surface area contributed by atoms with Crippen LogP contribution in [0.25, 0.3) is 0 Å². The predicted molar refractivity (Wildman–Crippen MR) is 175 cm³/mol.